The molecule has 192 valence electrons. The average Bonchev–Trinajstić information content (AvgIpc) is 3.24. The van der Waals surface area contributed by atoms with Gasteiger partial charge in [0.2, 0.25) is 11.6 Å². The molecule has 1 unspecified atom stereocenters. The molecule has 0 aliphatic carbocycles. The van der Waals surface area contributed by atoms with E-state index in [1.54, 1.807) is 43.3 Å². The molecule has 5 rings (SSSR count). The molecule has 0 amide bonds. The molecule has 3 aromatic carbocycles. The number of nitriles is 1. The molecule has 1 aliphatic heterocycles. The van der Waals surface area contributed by atoms with Crippen LogP contribution < -0.4 is 19.9 Å². The number of benzene rings is 3. The number of furan rings is 1. The standard InChI is InChI=1S/C30H25ClN2O5/c1-3-4-13-35-20-8-5-18(6-9-20)27-22-11-10-21(15-26(22)38-29(33)24(27)16-32)36-30(34)28-17(2)23-14-19(31)7-12-25(23)37-28/h5-12,14-15,27H,3-4,13,33H2,1-2H3. The van der Waals surface area contributed by atoms with E-state index >= 15 is 0 Å². The van der Waals surface area contributed by atoms with Crippen LogP contribution in [0.4, 0.5) is 0 Å². The average molecular weight is 529 g/mol. The summed E-state index contributed by atoms with van der Waals surface area (Å²) in [5, 5.41) is 11.1. The van der Waals surface area contributed by atoms with Crippen LogP contribution in [0.25, 0.3) is 11.0 Å². The minimum atomic E-state index is -0.651. The molecular formula is C30H25ClN2O5. The molecule has 0 saturated carbocycles. The quantitative estimate of drug-likeness (QED) is 0.156. The number of nitrogens with two attached hydrogens (primary N) is 1. The Labute approximate surface area is 225 Å². The first kappa shape index (κ1) is 25.2. The van der Waals surface area contributed by atoms with Gasteiger partial charge in [0.1, 0.15) is 34.5 Å². The van der Waals surface area contributed by atoms with E-state index in [1.165, 1.54) is 0 Å². The second kappa shape index (κ2) is 10.5. The number of aryl methyl sites for hydroxylation is 1. The number of carbonyl (C=O) groups excluding carboxylic acids is 1. The molecule has 0 spiro atoms. The van der Waals surface area contributed by atoms with Crippen LogP contribution in [0, 0.1) is 18.3 Å². The third-order valence-corrected chi connectivity index (χ3v) is 6.70. The summed E-state index contributed by atoms with van der Waals surface area (Å²) in [7, 11) is 0. The molecule has 2 heterocycles. The molecule has 0 bridgehead atoms. The van der Waals surface area contributed by atoms with E-state index < -0.39 is 11.9 Å². The lowest BCUT2D eigenvalue weighted by Gasteiger charge is -2.26. The van der Waals surface area contributed by atoms with Crippen LogP contribution in [-0.2, 0) is 0 Å². The molecule has 8 heteroatoms. The number of ether oxygens (including phenoxy) is 3. The van der Waals surface area contributed by atoms with Gasteiger partial charge in [0.25, 0.3) is 0 Å². The minimum absolute atomic E-state index is 0.00163. The monoisotopic (exact) mass is 528 g/mol. The predicted molar refractivity (Wildman–Crippen MR) is 144 cm³/mol. The molecule has 0 fully saturated rings. The van der Waals surface area contributed by atoms with Crippen LogP contribution in [-0.4, -0.2) is 12.6 Å². The zero-order valence-electron chi connectivity index (χ0n) is 20.9. The van der Waals surface area contributed by atoms with E-state index in [1.807, 2.05) is 24.3 Å². The Morgan fingerprint density at radius 1 is 1.11 bits per heavy atom. The topological polar surface area (TPSA) is 108 Å². The van der Waals surface area contributed by atoms with E-state index in [9.17, 15) is 10.1 Å². The van der Waals surface area contributed by atoms with Crippen LogP contribution in [0.1, 0.15) is 52.9 Å². The summed E-state index contributed by atoms with van der Waals surface area (Å²) in [6.07, 6.45) is 2.03. The Hall–Kier alpha value is -4.41. The zero-order valence-corrected chi connectivity index (χ0v) is 21.7. The molecule has 0 saturated heterocycles. The van der Waals surface area contributed by atoms with E-state index in [0.29, 0.717) is 34.1 Å². The van der Waals surface area contributed by atoms with Gasteiger partial charge in [-0.3, -0.25) is 0 Å². The number of carbonyl (C=O) groups is 1. The second-order valence-corrected chi connectivity index (χ2v) is 9.42. The third-order valence-electron chi connectivity index (χ3n) is 6.46. The van der Waals surface area contributed by atoms with Crippen molar-refractivity contribution in [3.8, 4) is 23.3 Å². The minimum Gasteiger partial charge on any atom is -0.494 e. The van der Waals surface area contributed by atoms with E-state index in [0.717, 1.165) is 35.1 Å². The summed E-state index contributed by atoms with van der Waals surface area (Å²) in [6, 6.07) is 19.9. The van der Waals surface area contributed by atoms with Gasteiger partial charge >= 0.3 is 5.97 Å². The van der Waals surface area contributed by atoms with Crippen molar-refractivity contribution >= 4 is 28.5 Å². The molecule has 4 aromatic rings. The van der Waals surface area contributed by atoms with Crippen molar-refractivity contribution in [1.29, 1.82) is 5.26 Å². The normalized spacial score (nSPS) is 14.5. The summed E-state index contributed by atoms with van der Waals surface area (Å²) in [5.41, 5.74) is 9.20. The van der Waals surface area contributed by atoms with Gasteiger partial charge in [-0.15, -0.1) is 0 Å². The van der Waals surface area contributed by atoms with Gasteiger partial charge in [-0.25, -0.2) is 4.79 Å². The van der Waals surface area contributed by atoms with Gasteiger partial charge in [0.05, 0.1) is 12.5 Å². The van der Waals surface area contributed by atoms with Crippen molar-refractivity contribution in [2.24, 2.45) is 5.73 Å². The summed E-state index contributed by atoms with van der Waals surface area (Å²) in [6.45, 7) is 4.53. The third kappa shape index (κ3) is 4.79. The van der Waals surface area contributed by atoms with Gasteiger partial charge in [0.15, 0.2) is 0 Å². The fourth-order valence-corrected chi connectivity index (χ4v) is 4.65. The largest absolute Gasteiger partial charge is 0.494 e. The lowest BCUT2D eigenvalue weighted by atomic mass is 9.83. The van der Waals surface area contributed by atoms with Gasteiger partial charge in [-0.1, -0.05) is 43.1 Å². The van der Waals surface area contributed by atoms with Gasteiger partial charge in [0, 0.05) is 27.6 Å². The predicted octanol–water partition coefficient (Wildman–Crippen LogP) is 7.01. The van der Waals surface area contributed by atoms with Gasteiger partial charge < -0.3 is 24.4 Å². The Morgan fingerprint density at radius 3 is 2.61 bits per heavy atom. The molecule has 1 aromatic heterocycles. The maximum absolute atomic E-state index is 13.0. The number of rotatable bonds is 7. The van der Waals surface area contributed by atoms with Crippen LogP contribution in [0.3, 0.4) is 0 Å². The van der Waals surface area contributed by atoms with Crippen molar-refractivity contribution in [3.05, 3.63) is 99.6 Å². The van der Waals surface area contributed by atoms with Crippen LogP contribution in [0.5, 0.6) is 17.2 Å². The van der Waals surface area contributed by atoms with Gasteiger partial charge in [-0.05, 0) is 55.3 Å². The Bertz CT molecular complexity index is 1600. The van der Waals surface area contributed by atoms with Crippen LogP contribution >= 0.6 is 11.6 Å². The van der Waals surface area contributed by atoms with Crippen LogP contribution in [0.15, 0.2) is 76.5 Å². The SMILES string of the molecule is CCCCOc1ccc(C2C(C#N)=C(N)Oc3cc(OC(=O)c4oc5ccc(Cl)cc5c4C)ccc32)cc1. The van der Waals surface area contributed by atoms with E-state index in [2.05, 4.69) is 13.0 Å². The summed E-state index contributed by atoms with van der Waals surface area (Å²) in [5.74, 6) is 0.400. The Morgan fingerprint density at radius 2 is 1.87 bits per heavy atom. The maximum atomic E-state index is 13.0. The highest BCUT2D eigenvalue weighted by atomic mass is 35.5. The number of fused-ring (bicyclic) bond motifs is 2. The summed E-state index contributed by atoms with van der Waals surface area (Å²) >= 11 is 6.09. The smallest absolute Gasteiger partial charge is 0.379 e. The van der Waals surface area contributed by atoms with Crippen molar-refractivity contribution in [3.63, 3.8) is 0 Å². The first-order valence-electron chi connectivity index (χ1n) is 12.2. The Balaban J connectivity index is 1.42. The molecule has 38 heavy (non-hydrogen) atoms. The molecule has 7 nitrogen and oxygen atoms in total. The highest BCUT2D eigenvalue weighted by molar-refractivity contribution is 6.31. The fraction of sp³-hybridized carbons (Fsp3) is 0.200. The lowest BCUT2D eigenvalue weighted by Crippen LogP contribution is -2.21. The zero-order chi connectivity index (χ0) is 26.8. The van der Waals surface area contributed by atoms with Crippen molar-refractivity contribution in [2.45, 2.75) is 32.6 Å². The maximum Gasteiger partial charge on any atom is 0.379 e. The van der Waals surface area contributed by atoms with E-state index in [4.69, 9.17) is 36.0 Å². The highest BCUT2D eigenvalue weighted by Crippen LogP contribution is 2.44. The molecule has 1 atom stereocenters. The second-order valence-electron chi connectivity index (χ2n) is 8.98. The number of esters is 1. The number of allylic oxidation sites excluding steroid dienone is 1. The molecule has 0 radical (unpaired) electrons. The molecule has 2 N–H and O–H groups in total. The lowest BCUT2D eigenvalue weighted by molar-refractivity contribution is 0.0702. The van der Waals surface area contributed by atoms with Gasteiger partial charge in [-0.2, -0.15) is 5.26 Å². The number of halogens is 1. The Kier molecular flexibility index (Phi) is 6.99. The van der Waals surface area contributed by atoms with Crippen molar-refractivity contribution in [1.82, 2.24) is 0 Å². The van der Waals surface area contributed by atoms with E-state index in [-0.39, 0.29) is 17.4 Å². The summed E-state index contributed by atoms with van der Waals surface area (Å²) < 4.78 is 22.9. The van der Waals surface area contributed by atoms with Crippen molar-refractivity contribution in [2.75, 3.05) is 6.61 Å². The number of hydrogen-bond donors (Lipinski definition) is 1. The number of hydrogen-bond acceptors (Lipinski definition) is 7. The van der Waals surface area contributed by atoms with Crippen molar-refractivity contribution < 1.29 is 23.4 Å². The van der Waals surface area contributed by atoms with Crippen LogP contribution in [0.2, 0.25) is 5.02 Å². The summed E-state index contributed by atoms with van der Waals surface area (Å²) in [4.78, 5) is 13.0. The first-order valence-corrected chi connectivity index (χ1v) is 12.6. The fourth-order valence-electron chi connectivity index (χ4n) is 4.47. The number of unbranched alkanes of at least 4 members (excludes halogenated alkanes) is 1. The molecular weight excluding hydrogens is 504 g/mol. The number of nitrogens with zero attached hydrogens (tertiary/aromatic N) is 1. The first-order chi connectivity index (χ1) is 18.4. The highest BCUT2D eigenvalue weighted by Gasteiger charge is 2.31. The molecule has 1 aliphatic rings.